The van der Waals surface area contributed by atoms with Gasteiger partial charge in [-0.25, -0.2) is 9.18 Å². The number of rotatable bonds is 1. The molecule has 4 nitrogen and oxygen atoms in total. The summed E-state index contributed by atoms with van der Waals surface area (Å²) in [6, 6.07) is 3.35. The highest BCUT2D eigenvalue weighted by Gasteiger charge is 2.64. The van der Waals surface area contributed by atoms with E-state index in [0.717, 1.165) is 17.0 Å². The zero-order valence-electron chi connectivity index (χ0n) is 12.1. The molecule has 8 heteroatoms. The number of hydrogen-bond donors (Lipinski definition) is 1. The molecule has 0 radical (unpaired) electrons. The number of halogens is 4. The first-order valence-electron chi connectivity index (χ1n) is 7.25. The molecule has 0 aliphatic carbocycles. The van der Waals surface area contributed by atoms with Crippen LogP contribution in [0.5, 0.6) is 5.75 Å². The Hall–Kier alpha value is -1.99. The molecule has 2 aliphatic heterocycles. The van der Waals surface area contributed by atoms with Crippen molar-refractivity contribution in [2.24, 2.45) is 5.92 Å². The minimum atomic E-state index is -4.63. The Morgan fingerprint density at radius 1 is 1.30 bits per heavy atom. The largest absolute Gasteiger partial charge is 0.477 e. The fourth-order valence-electron chi connectivity index (χ4n) is 3.46. The maximum atomic E-state index is 13.8. The predicted molar refractivity (Wildman–Crippen MR) is 71.8 cm³/mol. The van der Waals surface area contributed by atoms with E-state index in [4.69, 9.17) is 9.84 Å². The number of piperidine rings is 1. The third-order valence-corrected chi connectivity index (χ3v) is 4.67. The molecule has 2 heterocycles. The summed E-state index contributed by atoms with van der Waals surface area (Å²) in [4.78, 5) is 12.0. The number of amides is 1. The van der Waals surface area contributed by atoms with Crippen molar-refractivity contribution in [3.63, 3.8) is 0 Å². The first kappa shape index (κ1) is 15.9. The highest BCUT2D eigenvalue weighted by Crippen LogP contribution is 2.51. The molecule has 2 aliphatic rings. The van der Waals surface area contributed by atoms with Crippen LogP contribution in [-0.2, 0) is 6.42 Å². The van der Waals surface area contributed by atoms with Crippen molar-refractivity contribution in [1.82, 2.24) is 4.90 Å². The van der Waals surface area contributed by atoms with Gasteiger partial charge in [0, 0.05) is 31.0 Å². The molecule has 0 spiro atoms. The van der Waals surface area contributed by atoms with Crippen LogP contribution in [0.1, 0.15) is 18.4 Å². The number of carboxylic acid groups (broad SMARTS) is 1. The van der Waals surface area contributed by atoms with Gasteiger partial charge in [-0.3, -0.25) is 0 Å². The summed E-state index contributed by atoms with van der Waals surface area (Å²) in [6.07, 6.45) is -6.09. The lowest BCUT2D eigenvalue weighted by atomic mass is 9.77. The van der Waals surface area contributed by atoms with Gasteiger partial charge in [0.15, 0.2) is 0 Å². The lowest BCUT2D eigenvalue weighted by molar-refractivity contribution is -0.264. The average molecular weight is 333 g/mol. The Bertz CT molecular complexity index is 626. The Labute approximate surface area is 129 Å². The van der Waals surface area contributed by atoms with Crippen LogP contribution in [0.25, 0.3) is 0 Å². The van der Waals surface area contributed by atoms with Gasteiger partial charge in [-0.2, -0.15) is 13.2 Å². The lowest BCUT2D eigenvalue weighted by Crippen LogP contribution is -2.58. The van der Waals surface area contributed by atoms with E-state index in [0.29, 0.717) is 0 Å². The summed E-state index contributed by atoms with van der Waals surface area (Å²) in [6.45, 7) is 0.0673. The van der Waals surface area contributed by atoms with Crippen LogP contribution < -0.4 is 4.74 Å². The number of carbonyl (C=O) groups is 1. The number of nitrogens with zero attached hydrogens (tertiary/aromatic N) is 1. The molecule has 1 aromatic rings. The Kier molecular flexibility index (Phi) is 3.65. The van der Waals surface area contributed by atoms with Crippen molar-refractivity contribution in [2.75, 3.05) is 13.1 Å². The van der Waals surface area contributed by atoms with Crippen molar-refractivity contribution in [3.05, 3.63) is 29.6 Å². The Balaban J connectivity index is 1.88. The molecule has 126 valence electrons. The predicted octanol–water partition coefficient (Wildman–Crippen LogP) is 3.45. The van der Waals surface area contributed by atoms with Gasteiger partial charge in [0.25, 0.3) is 0 Å². The van der Waals surface area contributed by atoms with E-state index >= 15 is 0 Å². The lowest BCUT2D eigenvalue weighted by Gasteiger charge is -2.42. The number of hydrogen-bond acceptors (Lipinski definition) is 2. The third kappa shape index (κ3) is 2.60. The van der Waals surface area contributed by atoms with Gasteiger partial charge < -0.3 is 14.7 Å². The van der Waals surface area contributed by atoms with E-state index in [1.54, 1.807) is 0 Å². The van der Waals surface area contributed by atoms with Crippen molar-refractivity contribution < 1.29 is 32.2 Å². The molecular weight excluding hydrogens is 318 g/mol. The maximum Gasteiger partial charge on any atom is 0.428 e. The Morgan fingerprint density at radius 2 is 1.96 bits per heavy atom. The van der Waals surface area contributed by atoms with Crippen LogP contribution >= 0.6 is 0 Å². The van der Waals surface area contributed by atoms with Crippen LogP contribution in [0, 0.1) is 11.7 Å². The van der Waals surface area contributed by atoms with E-state index < -0.39 is 36.0 Å². The standard InChI is InChI=1S/C15H15F4NO3/c16-11-1-2-12-9(7-11)8-14(23-12,15(17,18)19)10-3-5-20(6-4-10)13(21)22/h1-2,7,10H,3-6,8H2,(H,21,22). The smallest absolute Gasteiger partial charge is 0.428 e. The van der Waals surface area contributed by atoms with Gasteiger partial charge in [0.2, 0.25) is 5.60 Å². The number of benzene rings is 1. The third-order valence-electron chi connectivity index (χ3n) is 4.67. The fraction of sp³-hybridized carbons (Fsp3) is 0.533. The average Bonchev–Trinajstić information content (AvgIpc) is 2.87. The molecular formula is C15H15F4NO3. The number of fused-ring (bicyclic) bond motifs is 1. The van der Waals surface area contributed by atoms with Crippen LogP contribution in [0.3, 0.4) is 0 Å². The Morgan fingerprint density at radius 3 is 2.52 bits per heavy atom. The summed E-state index contributed by atoms with van der Waals surface area (Å²) in [5.74, 6) is -1.43. The first-order valence-corrected chi connectivity index (χ1v) is 7.25. The molecule has 1 amide bonds. The van der Waals surface area contributed by atoms with Crippen LogP contribution in [0.2, 0.25) is 0 Å². The summed E-state index contributed by atoms with van der Waals surface area (Å²) in [5.41, 5.74) is -2.21. The van der Waals surface area contributed by atoms with Crippen LogP contribution in [0.4, 0.5) is 22.4 Å². The highest BCUT2D eigenvalue weighted by atomic mass is 19.4. The van der Waals surface area contributed by atoms with Crippen LogP contribution in [-0.4, -0.2) is 41.0 Å². The van der Waals surface area contributed by atoms with E-state index in [1.165, 1.54) is 6.07 Å². The SMILES string of the molecule is O=C(O)N1CCC(C2(C(F)(F)F)Cc3cc(F)ccc3O2)CC1. The maximum absolute atomic E-state index is 13.8. The quantitative estimate of drug-likeness (QED) is 0.801. The molecule has 0 aromatic heterocycles. The van der Waals surface area contributed by atoms with Crippen molar-refractivity contribution in [2.45, 2.75) is 31.0 Å². The molecule has 1 N–H and O–H groups in total. The molecule has 1 fully saturated rings. The van der Waals surface area contributed by atoms with E-state index in [2.05, 4.69) is 0 Å². The highest BCUT2D eigenvalue weighted by molar-refractivity contribution is 5.65. The molecule has 1 aromatic carbocycles. The van der Waals surface area contributed by atoms with Gasteiger partial charge in [0.05, 0.1) is 0 Å². The molecule has 1 atom stereocenters. The monoisotopic (exact) mass is 333 g/mol. The number of likely N-dealkylation sites (tertiary alicyclic amines) is 1. The minimum Gasteiger partial charge on any atom is -0.477 e. The summed E-state index contributed by atoms with van der Waals surface area (Å²) >= 11 is 0. The van der Waals surface area contributed by atoms with Crippen molar-refractivity contribution >= 4 is 6.09 Å². The van der Waals surface area contributed by atoms with Gasteiger partial charge in [-0.15, -0.1) is 0 Å². The fourth-order valence-corrected chi connectivity index (χ4v) is 3.46. The molecule has 0 saturated carbocycles. The number of alkyl halides is 3. The second-order valence-electron chi connectivity index (χ2n) is 5.96. The van der Waals surface area contributed by atoms with Gasteiger partial charge in [-0.05, 0) is 31.0 Å². The van der Waals surface area contributed by atoms with Crippen LogP contribution in [0.15, 0.2) is 18.2 Å². The summed E-state index contributed by atoms with van der Waals surface area (Å²) in [5, 5.41) is 8.92. The molecule has 1 unspecified atom stereocenters. The molecule has 3 rings (SSSR count). The molecule has 1 saturated heterocycles. The zero-order chi connectivity index (χ0) is 16.8. The van der Waals surface area contributed by atoms with Crippen molar-refractivity contribution in [3.8, 4) is 5.75 Å². The first-order chi connectivity index (χ1) is 10.7. The zero-order valence-corrected chi connectivity index (χ0v) is 12.1. The van der Waals surface area contributed by atoms with Crippen molar-refractivity contribution in [1.29, 1.82) is 0 Å². The van der Waals surface area contributed by atoms with Gasteiger partial charge in [0.1, 0.15) is 11.6 Å². The topological polar surface area (TPSA) is 49.8 Å². The molecule has 23 heavy (non-hydrogen) atoms. The summed E-state index contributed by atoms with van der Waals surface area (Å²) in [7, 11) is 0. The van der Waals surface area contributed by atoms with Gasteiger partial charge in [-0.1, -0.05) is 0 Å². The minimum absolute atomic E-state index is 0.0336. The molecule has 0 bridgehead atoms. The second kappa shape index (κ2) is 5.28. The second-order valence-corrected chi connectivity index (χ2v) is 5.96. The van der Waals surface area contributed by atoms with E-state index in [9.17, 15) is 22.4 Å². The number of ether oxygens (including phenoxy) is 1. The van der Waals surface area contributed by atoms with E-state index in [-0.39, 0.29) is 37.2 Å². The normalized spacial score (nSPS) is 25.1. The van der Waals surface area contributed by atoms with E-state index in [1.807, 2.05) is 0 Å². The van der Waals surface area contributed by atoms with Gasteiger partial charge >= 0.3 is 12.3 Å². The summed E-state index contributed by atoms with van der Waals surface area (Å²) < 4.78 is 59.9.